The summed E-state index contributed by atoms with van der Waals surface area (Å²) in [5, 5.41) is 21.5. The van der Waals surface area contributed by atoms with Gasteiger partial charge in [-0.2, -0.15) is 10.4 Å². The van der Waals surface area contributed by atoms with Gasteiger partial charge in [0, 0.05) is 55.5 Å². The van der Waals surface area contributed by atoms with Crippen LogP contribution in [0.4, 0.5) is 17.5 Å². The lowest BCUT2D eigenvalue weighted by Gasteiger charge is -2.39. The molecule has 1 aliphatic carbocycles. The molecule has 1 amide bonds. The maximum atomic E-state index is 13.0. The Balaban J connectivity index is 1.44. The molecule has 5 rings (SSSR count). The number of aromatic nitrogens is 4. The summed E-state index contributed by atoms with van der Waals surface area (Å²) in [6.45, 7) is 18.8. The highest BCUT2D eigenvalue weighted by molar-refractivity contribution is 6.74. The van der Waals surface area contributed by atoms with Crippen molar-refractivity contribution in [1.29, 1.82) is 5.26 Å². The summed E-state index contributed by atoms with van der Waals surface area (Å²) in [5.74, 6) is 0.942. The number of rotatable bonds is 9. The summed E-state index contributed by atoms with van der Waals surface area (Å²) in [7, 11) is -0.131. The number of amides is 1. The number of nitrogens with zero attached hydrogens (tertiary/aromatic N) is 6. The van der Waals surface area contributed by atoms with Crippen LogP contribution in [0.2, 0.25) is 18.1 Å². The van der Waals surface area contributed by atoms with Crippen LogP contribution in [0.5, 0.6) is 0 Å². The maximum absolute atomic E-state index is 13.0. The van der Waals surface area contributed by atoms with E-state index in [1.165, 1.54) is 0 Å². The number of nitrogens with one attached hydrogen (secondary N) is 2. The molecule has 1 fully saturated rings. The molecule has 1 atom stereocenters. The van der Waals surface area contributed by atoms with E-state index in [1.54, 1.807) is 21.8 Å². The van der Waals surface area contributed by atoms with Gasteiger partial charge in [0.25, 0.3) is 5.91 Å². The van der Waals surface area contributed by atoms with E-state index in [0.717, 1.165) is 29.7 Å². The number of benzene rings is 1. The smallest absolute Gasteiger partial charge is 0.274 e. The zero-order chi connectivity index (χ0) is 31.3. The Bertz CT molecular complexity index is 1580. The number of carbonyl (C=O) groups is 1. The van der Waals surface area contributed by atoms with Crippen LogP contribution in [0.3, 0.4) is 0 Å². The van der Waals surface area contributed by atoms with Crippen molar-refractivity contribution >= 4 is 31.7 Å². The van der Waals surface area contributed by atoms with Gasteiger partial charge in [0.1, 0.15) is 11.9 Å². The molecule has 2 N–H and O–H groups in total. The topological polar surface area (TPSA) is 121 Å². The molecule has 2 aliphatic rings. The second-order valence-electron chi connectivity index (χ2n) is 14.0. The lowest BCUT2D eigenvalue weighted by Crippen LogP contribution is -2.45. The average molecular weight is 601 g/mol. The first-order valence-corrected chi connectivity index (χ1v) is 18.0. The monoisotopic (exact) mass is 600 g/mol. The van der Waals surface area contributed by atoms with E-state index in [9.17, 15) is 10.1 Å². The number of carbonyl (C=O) groups excluding carboxylic acids is 1. The predicted octanol–water partition coefficient (Wildman–Crippen LogP) is 6.48. The Morgan fingerprint density at radius 1 is 1.30 bits per heavy atom. The number of fused-ring (bicyclic) bond motifs is 1. The molecule has 3 aromatic rings. The lowest BCUT2D eigenvalue weighted by atomic mass is 9.83. The molecule has 43 heavy (non-hydrogen) atoms. The molecule has 2 aromatic heterocycles. The fourth-order valence-electron chi connectivity index (χ4n) is 5.10. The fraction of sp³-hybridized carbons (Fsp3) is 0.531. The van der Waals surface area contributed by atoms with Crippen LogP contribution < -0.4 is 10.6 Å². The molecular formula is C32H44N8O2Si. The number of anilines is 3. The molecule has 1 aliphatic heterocycles. The van der Waals surface area contributed by atoms with Crippen LogP contribution in [0.25, 0.3) is 11.3 Å². The van der Waals surface area contributed by atoms with Gasteiger partial charge < -0.3 is 20.0 Å². The Kier molecular flexibility index (Phi) is 7.90. The van der Waals surface area contributed by atoms with Crippen LogP contribution in [0, 0.1) is 11.3 Å². The van der Waals surface area contributed by atoms with Crippen molar-refractivity contribution in [3.05, 3.63) is 47.3 Å². The first-order valence-electron chi connectivity index (χ1n) is 15.1. The van der Waals surface area contributed by atoms with Crippen molar-refractivity contribution in [3.63, 3.8) is 0 Å². The van der Waals surface area contributed by atoms with Gasteiger partial charge in [-0.3, -0.25) is 4.79 Å². The molecule has 0 spiro atoms. The number of hydrogen-bond acceptors (Lipinski definition) is 8. The van der Waals surface area contributed by atoms with Crippen molar-refractivity contribution in [2.24, 2.45) is 0 Å². The standard InChI is InChI=1S/C32H44N8O2Si/c1-20(2)40-27(16-26(38-40)29(41)39(7)23-10-11-23)37-30-34-13-12-25(36-30)21-14-22(17-33)28-24(15-21)32(6,18-35-28)19-42-43(8,9)31(3,4)5/h12-16,20,23,35H,10-11,18-19H2,1-9H3,(H,34,36,37)/t32-/m1/s1. The van der Waals surface area contributed by atoms with Crippen molar-refractivity contribution in [1.82, 2.24) is 24.6 Å². The zero-order valence-electron chi connectivity index (χ0n) is 26.9. The normalized spacial score (nSPS) is 18.3. The molecule has 1 saturated carbocycles. The van der Waals surface area contributed by atoms with Gasteiger partial charge in [0.2, 0.25) is 5.95 Å². The molecule has 0 bridgehead atoms. The van der Waals surface area contributed by atoms with Crippen molar-refractivity contribution < 1.29 is 9.22 Å². The molecule has 228 valence electrons. The fourth-order valence-corrected chi connectivity index (χ4v) is 6.21. The van der Waals surface area contributed by atoms with E-state index in [1.807, 2.05) is 33.0 Å². The number of hydrogen-bond donors (Lipinski definition) is 2. The van der Waals surface area contributed by atoms with E-state index >= 15 is 0 Å². The Morgan fingerprint density at radius 2 is 2.02 bits per heavy atom. The van der Waals surface area contributed by atoms with E-state index in [0.29, 0.717) is 47.9 Å². The first kappa shape index (κ1) is 30.7. The highest BCUT2D eigenvalue weighted by Crippen LogP contribution is 2.44. The molecule has 10 nitrogen and oxygen atoms in total. The van der Waals surface area contributed by atoms with E-state index in [2.05, 4.69) is 73.6 Å². The van der Waals surface area contributed by atoms with Gasteiger partial charge in [-0.05, 0) is 68.6 Å². The molecular weight excluding hydrogens is 556 g/mol. The quantitative estimate of drug-likeness (QED) is 0.268. The lowest BCUT2D eigenvalue weighted by molar-refractivity contribution is 0.0778. The summed E-state index contributed by atoms with van der Waals surface area (Å²) in [6, 6.07) is 10.3. The van der Waals surface area contributed by atoms with E-state index in [-0.39, 0.29) is 22.4 Å². The van der Waals surface area contributed by atoms with Crippen LogP contribution >= 0.6 is 0 Å². The van der Waals surface area contributed by atoms with Gasteiger partial charge in [0.15, 0.2) is 14.0 Å². The predicted molar refractivity (Wildman–Crippen MR) is 172 cm³/mol. The molecule has 0 saturated heterocycles. The Labute approximate surface area is 256 Å². The second kappa shape index (κ2) is 11.1. The highest BCUT2D eigenvalue weighted by atomic mass is 28.4. The Morgan fingerprint density at radius 3 is 2.65 bits per heavy atom. The van der Waals surface area contributed by atoms with Gasteiger partial charge in [-0.15, -0.1) is 0 Å². The van der Waals surface area contributed by atoms with Crippen LogP contribution in [0.1, 0.15) is 82.0 Å². The van der Waals surface area contributed by atoms with Crippen LogP contribution in [0.15, 0.2) is 30.5 Å². The maximum Gasteiger partial charge on any atom is 0.274 e. The highest BCUT2D eigenvalue weighted by Gasteiger charge is 2.42. The summed E-state index contributed by atoms with van der Waals surface area (Å²) in [4.78, 5) is 24.1. The second-order valence-corrected chi connectivity index (χ2v) is 18.8. The molecule has 1 aromatic carbocycles. The summed E-state index contributed by atoms with van der Waals surface area (Å²) >= 11 is 0. The minimum Gasteiger partial charge on any atom is -0.416 e. The third kappa shape index (κ3) is 6.04. The number of nitriles is 1. The third-order valence-electron chi connectivity index (χ3n) is 9.17. The van der Waals surface area contributed by atoms with Crippen LogP contribution in [-0.2, 0) is 9.84 Å². The molecule has 0 unspecified atom stereocenters. The van der Waals surface area contributed by atoms with E-state index in [4.69, 9.17) is 9.41 Å². The van der Waals surface area contributed by atoms with Gasteiger partial charge >= 0.3 is 0 Å². The van der Waals surface area contributed by atoms with Crippen LogP contribution in [-0.4, -0.2) is 65.1 Å². The minimum absolute atomic E-state index is 0.0204. The summed E-state index contributed by atoms with van der Waals surface area (Å²) in [5.41, 5.74) is 4.15. The van der Waals surface area contributed by atoms with Gasteiger partial charge in [0.05, 0.1) is 16.9 Å². The van der Waals surface area contributed by atoms with Crippen molar-refractivity contribution in [2.45, 2.75) is 90.0 Å². The zero-order valence-corrected chi connectivity index (χ0v) is 27.9. The summed E-state index contributed by atoms with van der Waals surface area (Å²) in [6.07, 6.45) is 3.77. The molecule has 3 heterocycles. The SMILES string of the molecule is CC(C)n1nc(C(=O)N(C)C2CC2)cc1Nc1nccc(-c2cc(C#N)c3c(c2)[C@@](C)(CO[Si](C)(C)C(C)(C)C)CN3)n1. The first-order chi connectivity index (χ1) is 20.1. The van der Waals surface area contributed by atoms with Gasteiger partial charge in [-0.25, -0.2) is 14.6 Å². The third-order valence-corrected chi connectivity index (χ3v) is 13.7. The van der Waals surface area contributed by atoms with Gasteiger partial charge in [-0.1, -0.05) is 27.7 Å². The van der Waals surface area contributed by atoms with E-state index < -0.39 is 8.32 Å². The van der Waals surface area contributed by atoms with Crippen molar-refractivity contribution in [3.8, 4) is 17.3 Å². The summed E-state index contributed by atoms with van der Waals surface area (Å²) < 4.78 is 8.45. The average Bonchev–Trinajstić information content (AvgIpc) is 3.64. The Hall–Kier alpha value is -3.75. The van der Waals surface area contributed by atoms with Crippen molar-refractivity contribution in [2.75, 3.05) is 30.8 Å². The molecule has 0 radical (unpaired) electrons. The molecule has 11 heteroatoms. The largest absolute Gasteiger partial charge is 0.416 e. The minimum atomic E-state index is -1.96.